The molecule has 0 bridgehead atoms. The fraction of sp³-hybridized carbons (Fsp3) is 0.344. The van der Waals surface area contributed by atoms with E-state index in [0.29, 0.717) is 6.10 Å². The summed E-state index contributed by atoms with van der Waals surface area (Å²) in [6, 6.07) is 21.7. The fourth-order valence-electron chi connectivity index (χ4n) is 5.53. The van der Waals surface area contributed by atoms with Gasteiger partial charge in [0.05, 0.1) is 45.6 Å². The molecule has 0 amide bonds. The second-order valence-corrected chi connectivity index (χ2v) is 10.6. The molecular formula is C32H35N5O. The summed E-state index contributed by atoms with van der Waals surface area (Å²) in [6.07, 6.45) is 8.40. The molecule has 0 spiro atoms. The van der Waals surface area contributed by atoms with Gasteiger partial charge in [0.25, 0.3) is 0 Å². The molecule has 0 radical (unpaired) electrons. The molecule has 1 fully saturated rings. The maximum Gasteiger partial charge on any atom is 0.0900 e. The summed E-state index contributed by atoms with van der Waals surface area (Å²) in [4.78, 5) is 15.0. The number of fused-ring (bicyclic) bond motifs is 2. The van der Waals surface area contributed by atoms with E-state index in [1.165, 1.54) is 11.3 Å². The molecule has 2 heterocycles. The largest absolute Gasteiger partial charge is 0.381 e. The first-order valence-electron chi connectivity index (χ1n) is 13.7. The average molecular weight is 506 g/mol. The number of para-hydroxylation sites is 2. The topological polar surface area (TPSA) is 63.8 Å². The van der Waals surface area contributed by atoms with Crippen molar-refractivity contribution >= 4 is 22.4 Å². The highest BCUT2D eigenvalue weighted by Gasteiger charge is 2.22. The Balaban J connectivity index is 1.55. The first-order valence-corrected chi connectivity index (χ1v) is 13.7. The lowest BCUT2D eigenvalue weighted by atomic mass is 9.93. The molecule has 1 saturated carbocycles. The number of allylic oxidation sites excluding steroid dienone is 1. The number of hydrogen-bond acceptors (Lipinski definition) is 5. The van der Waals surface area contributed by atoms with Crippen LogP contribution in [0.4, 0.5) is 5.69 Å². The smallest absolute Gasteiger partial charge is 0.0900 e. The van der Waals surface area contributed by atoms with Crippen LogP contribution in [-0.2, 0) is 4.74 Å². The summed E-state index contributed by atoms with van der Waals surface area (Å²) < 4.78 is 7.92. The molecule has 1 N–H and O–H groups in total. The first kappa shape index (κ1) is 24.6. The normalized spacial score (nSPS) is 20.4. The number of methoxy groups -OCH3 is 1. The van der Waals surface area contributed by atoms with Crippen LogP contribution >= 0.6 is 0 Å². The van der Waals surface area contributed by atoms with Gasteiger partial charge in [-0.25, -0.2) is 4.98 Å². The number of nitrogens with one attached hydrogen (secondary N) is 1. The van der Waals surface area contributed by atoms with Crippen molar-refractivity contribution in [1.29, 1.82) is 0 Å². The van der Waals surface area contributed by atoms with E-state index in [9.17, 15) is 0 Å². The molecule has 2 aromatic carbocycles. The fourth-order valence-corrected chi connectivity index (χ4v) is 5.53. The number of aryl methyl sites for hydroxylation is 1. The standard InChI is InChI=1S/C32H35N5O/c1-21-8-14-25(15-9-21)37-31-7-5-4-6-27(31)36-30-18-28(35-24-11-10-22(2)33-20-24)29(19-32(30)37)34-23-12-16-26(38-3)17-13-23/h4-9,14-15,18-20,23,26,35H,10-13,16-17H2,1-3H3. The molecule has 0 unspecified atom stereocenters. The summed E-state index contributed by atoms with van der Waals surface area (Å²) in [5, 5.41) is 4.65. The molecule has 6 heteroatoms. The Morgan fingerprint density at radius 2 is 1.74 bits per heavy atom. The predicted octanol–water partition coefficient (Wildman–Crippen LogP) is 6.81. The molecule has 4 aliphatic rings. The number of anilines is 1. The minimum atomic E-state index is 0.279. The Bertz CT molecular complexity index is 1560. The van der Waals surface area contributed by atoms with E-state index >= 15 is 0 Å². The van der Waals surface area contributed by atoms with E-state index in [1.807, 2.05) is 19.4 Å². The molecular weight excluding hydrogens is 470 g/mol. The van der Waals surface area contributed by atoms with E-state index in [2.05, 4.69) is 83.3 Å². The van der Waals surface area contributed by atoms with Crippen LogP contribution in [0.3, 0.4) is 0 Å². The molecule has 194 valence electrons. The van der Waals surface area contributed by atoms with Gasteiger partial charge >= 0.3 is 0 Å². The van der Waals surface area contributed by atoms with E-state index in [1.54, 1.807) is 0 Å². The Hall–Kier alpha value is -3.77. The van der Waals surface area contributed by atoms with Crippen LogP contribution in [0, 0.1) is 6.92 Å². The van der Waals surface area contributed by atoms with Crippen LogP contribution in [0.5, 0.6) is 0 Å². The highest BCUT2D eigenvalue weighted by atomic mass is 16.5. The lowest BCUT2D eigenvalue weighted by Crippen LogP contribution is -2.25. The SMILES string of the molecule is COC1CCC(N=c2cc3n(-c4ccc(C)cc4)c4ccccc4nc-3cc2NC2=CN=C(C)CC2)CC1. The van der Waals surface area contributed by atoms with Gasteiger partial charge in [-0.15, -0.1) is 0 Å². The van der Waals surface area contributed by atoms with Crippen molar-refractivity contribution in [3.05, 3.63) is 83.5 Å². The molecule has 6 nitrogen and oxygen atoms in total. The first-order chi connectivity index (χ1) is 18.6. The number of rotatable bonds is 5. The number of aliphatic imine (C=N–C) groups is 1. The van der Waals surface area contributed by atoms with Gasteiger partial charge in [0.1, 0.15) is 0 Å². The van der Waals surface area contributed by atoms with Crippen LogP contribution in [0.15, 0.2) is 82.5 Å². The molecule has 0 saturated heterocycles. The zero-order chi connectivity index (χ0) is 26.1. The van der Waals surface area contributed by atoms with Crippen molar-refractivity contribution in [2.45, 2.75) is 64.5 Å². The molecule has 2 aromatic rings. The maximum atomic E-state index is 5.61. The number of nitrogens with zero attached hydrogens (tertiary/aromatic N) is 4. The third-order valence-corrected chi connectivity index (χ3v) is 7.78. The van der Waals surface area contributed by atoms with Gasteiger partial charge < -0.3 is 14.6 Å². The summed E-state index contributed by atoms with van der Waals surface area (Å²) in [6.45, 7) is 4.20. The highest BCUT2D eigenvalue weighted by molar-refractivity contribution is 5.85. The summed E-state index contributed by atoms with van der Waals surface area (Å²) in [5.41, 5.74) is 9.66. The highest BCUT2D eigenvalue weighted by Crippen LogP contribution is 2.31. The number of hydrogen-bond donors (Lipinski definition) is 1. The van der Waals surface area contributed by atoms with Gasteiger partial charge in [-0.05, 0) is 88.8 Å². The Morgan fingerprint density at radius 1 is 0.947 bits per heavy atom. The molecule has 2 aliphatic heterocycles. The van der Waals surface area contributed by atoms with Crippen molar-refractivity contribution in [3.63, 3.8) is 0 Å². The monoisotopic (exact) mass is 505 g/mol. The van der Waals surface area contributed by atoms with Crippen molar-refractivity contribution in [1.82, 2.24) is 9.55 Å². The van der Waals surface area contributed by atoms with E-state index in [-0.39, 0.29) is 6.04 Å². The summed E-state index contributed by atoms with van der Waals surface area (Å²) in [7, 11) is 1.82. The van der Waals surface area contributed by atoms with E-state index < -0.39 is 0 Å². The molecule has 38 heavy (non-hydrogen) atoms. The third kappa shape index (κ3) is 5.01. The van der Waals surface area contributed by atoms with Gasteiger partial charge in [0, 0.05) is 30.4 Å². The molecule has 0 atom stereocenters. The van der Waals surface area contributed by atoms with Crippen molar-refractivity contribution in [2.24, 2.45) is 9.98 Å². The number of benzene rings is 3. The lowest BCUT2D eigenvalue weighted by molar-refractivity contribution is 0.0663. The zero-order valence-corrected chi connectivity index (χ0v) is 22.4. The van der Waals surface area contributed by atoms with E-state index in [0.717, 1.165) is 83.4 Å². The second-order valence-electron chi connectivity index (χ2n) is 10.6. The quantitative estimate of drug-likeness (QED) is 0.303. The van der Waals surface area contributed by atoms with Crippen LogP contribution in [0.1, 0.15) is 51.0 Å². The van der Waals surface area contributed by atoms with Crippen LogP contribution in [0.2, 0.25) is 0 Å². The van der Waals surface area contributed by atoms with Gasteiger partial charge in [0.2, 0.25) is 0 Å². The van der Waals surface area contributed by atoms with Crippen LogP contribution in [0.25, 0.3) is 28.1 Å². The lowest BCUT2D eigenvalue weighted by Gasteiger charge is -2.25. The average Bonchev–Trinajstić information content (AvgIpc) is 2.94. The summed E-state index contributed by atoms with van der Waals surface area (Å²) in [5.74, 6) is 0. The van der Waals surface area contributed by atoms with Crippen molar-refractivity contribution < 1.29 is 4.74 Å². The Morgan fingerprint density at radius 3 is 2.47 bits per heavy atom. The van der Waals surface area contributed by atoms with Crippen LogP contribution in [-0.4, -0.2) is 34.5 Å². The molecule has 6 rings (SSSR count). The predicted molar refractivity (Wildman–Crippen MR) is 155 cm³/mol. The van der Waals surface area contributed by atoms with Gasteiger partial charge in [-0.3, -0.25) is 9.98 Å². The van der Waals surface area contributed by atoms with E-state index in [4.69, 9.17) is 14.7 Å². The van der Waals surface area contributed by atoms with Crippen molar-refractivity contribution in [2.75, 3.05) is 12.4 Å². The van der Waals surface area contributed by atoms with Gasteiger partial charge in [-0.2, -0.15) is 0 Å². The second kappa shape index (κ2) is 10.5. The van der Waals surface area contributed by atoms with Crippen LogP contribution < -0.4 is 10.7 Å². The molecule has 2 aliphatic carbocycles. The third-order valence-electron chi connectivity index (χ3n) is 7.78. The zero-order valence-electron chi connectivity index (χ0n) is 22.4. The number of ether oxygens (including phenoxy) is 1. The Kier molecular flexibility index (Phi) is 6.81. The minimum Gasteiger partial charge on any atom is -0.381 e. The Labute approximate surface area is 224 Å². The summed E-state index contributed by atoms with van der Waals surface area (Å²) >= 11 is 0. The minimum absolute atomic E-state index is 0.279. The van der Waals surface area contributed by atoms with Crippen molar-refractivity contribution in [3.8, 4) is 17.1 Å². The molecule has 0 aromatic heterocycles. The maximum absolute atomic E-state index is 5.61. The van der Waals surface area contributed by atoms with Gasteiger partial charge in [0.15, 0.2) is 0 Å². The number of aromatic nitrogens is 2. The van der Waals surface area contributed by atoms with Gasteiger partial charge in [-0.1, -0.05) is 29.8 Å².